The van der Waals surface area contributed by atoms with Crippen LogP contribution in [0, 0.1) is 0 Å². The summed E-state index contributed by atoms with van der Waals surface area (Å²) < 4.78 is 0. The van der Waals surface area contributed by atoms with Crippen LogP contribution in [-0.4, -0.2) is 11.9 Å². The summed E-state index contributed by atoms with van der Waals surface area (Å²) >= 11 is 0. The summed E-state index contributed by atoms with van der Waals surface area (Å²) in [5.41, 5.74) is 0. The third-order valence-electron chi connectivity index (χ3n) is 0.167. The first-order chi connectivity index (χ1) is 2.64. The summed E-state index contributed by atoms with van der Waals surface area (Å²) in [7, 11) is 0. The van der Waals surface area contributed by atoms with Gasteiger partial charge in [-0.1, -0.05) is 0 Å². The van der Waals surface area contributed by atoms with E-state index < -0.39 is 11.9 Å². The van der Waals surface area contributed by atoms with Crippen molar-refractivity contribution in [2.45, 2.75) is 0 Å². The Morgan fingerprint density at radius 3 is 1.00 bits per heavy atom. The molecule has 0 unspecified atom stereocenters. The zero-order valence-corrected chi connectivity index (χ0v) is 5.50. The van der Waals surface area contributed by atoms with Crippen LogP contribution in [0.15, 0.2) is 0 Å². The Morgan fingerprint density at radius 1 is 0.889 bits per heavy atom. The molecule has 56 valence electrons. The van der Waals surface area contributed by atoms with Crippen molar-refractivity contribution in [1.29, 1.82) is 0 Å². The van der Waals surface area contributed by atoms with E-state index in [0.717, 1.165) is 0 Å². The number of hydrogen-bond acceptors (Lipinski definition) is 6. The Bertz CT molecular complexity index is 82.6. The van der Waals surface area contributed by atoms with Crippen molar-refractivity contribution in [2.75, 3.05) is 0 Å². The van der Waals surface area contributed by atoms with Gasteiger partial charge in [0, 0.05) is 0 Å². The van der Waals surface area contributed by atoms with E-state index in [1.165, 1.54) is 0 Å². The second-order valence-corrected chi connectivity index (χ2v) is 0.575. The van der Waals surface area contributed by atoms with Crippen LogP contribution in [0.4, 0.5) is 0 Å². The van der Waals surface area contributed by atoms with Crippen LogP contribution in [0.2, 0.25) is 0 Å². The van der Waals surface area contributed by atoms with Crippen molar-refractivity contribution in [3.63, 3.8) is 0 Å². The first-order valence-corrected chi connectivity index (χ1v) is 1.07. The van der Waals surface area contributed by atoms with Crippen molar-refractivity contribution < 1.29 is 36.9 Å². The molecule has 0 aliphatic carbocycles. The minimum absolute atomic E-state index is 0. The minimum atomic E-state index is -2.19. The molecule has 0 aromatic carbocycles. The molecule has 0 saturated heterocycles. The van der Waals surface area contributed by atoms with Crippen molar-refractivity contribution in [1.82, 2.24) is 12.3 Å². The van der Waals surface area contributed by atoms with E-state index in [-0.39, 0.29) is 29.4 Å². The molecule has 0 aliphatic heterocycles. The average molecular weight is 178 g/mol. The molecule has 0 aromatic rings. The minimum Gasteiger partial charge on any atom is -0.543 e. The van der Waals surface area contributed by atoms with Gasteiger partial charge in [0.05, 0.1) is 11.9 Å². The van der Waals surface area contributed by atoms with E-state index in [2.05, 4.69) is 0 Å². The van der Waals surface area contributed by atoms with Crippen molar-refractivity contribution in [3.8, 4) is 0 Å². The van der Waals surface area contributed by atoms with Gasteiger partial charge in [-0.2, -0.15) is 0 Å². The molecule has 6 N–H and O–H groups in total. The molecule has 6 nitrogen and oxygen atoms in total. The molecule has 0 aliphatic rings. The Balaban J connectivity index is -0.0000000417. The first kappa shape index (κ1) is 23.8. The fourth-order valence-electron chi connectivity index (χ4n) is 0. The van der Waals surface area contributed by atoms with Gasteiger partial charge < -0.3 is 32.1 Å². The summed E-state index contributed by atoms with van der Waals surface area (Å²) in [5.74, 6) is -4.37. The van der Waals surface area contributed by atoms with Crippen LogP contribution in [0.5, 0.6) is 0 Å². The summed E-state index contributed by atoms with van der Waals surface area (Å²) in [5, 5.41) is 17.9. The van der Waals surface area contributed by atoms with E-state index in [1.54, 1.807) is 0 Å². The molecular formula is C2H6FeN2O4. The number of rotatable bonds is 0. The molecule has 0 bridgehead atoms. The maximum Gasteiger partial charge on any atom is 2.00 e. The molecule has 9 heavy (non-hydrogen) atoms. The van der Waals surface area contributed by atoms with Gasteiger partial charge in [0.1, 0.15) is 0 Å². The molecule has 0 radical (unpaired) electrons. The summed E-state index contributed by atoms with van der Waals surface area (Å²) in [4.78, 5) is 17.9. The van der Waals surface area contributed by atoms with Crippen LogP contribution in [0.25, 0.3) is 0 Å². The third-order valence-corrected chi connectivity index (χ3v) is 0.167. The monoisotopic (exact) mass is 178 g/mol. The Labute approximate surface area is 61.9 Å². The fraction of sp³-hybridized carbons (Fsp3) is 0. The quantitative estimate of drug-likeness (QED) is 0.294. The molecule has 0 saturated carbocycles. The Hall–Kier alpha value is -0.621. The van der Waals surface area contributed by atoms with Gasteiger partial charge in [-0.05, 0) is 0 Å². The van der Waals surface area contributed by atoms with Gasteiger partial charge in [-0.3, -0.25) is 0 Å². The molecular weight excluding hydrogens is 172 g/mol. The smallest absolute Gasteiger partial charge is 0.543 e. The normalized spacial score (nSPS) is 4.89. The molecule has 0 rings (SSSR count). The number of carbonyl (C=O) groups excluding carboxylic acids is 2. The molecule has 7 heteroatoms. The molecule has 0 heterocycles. The summed E-state index contributed by atoms with van der Waals surface area (Å²) in [6, 6.07) is 0. The summed E-state index contributed by atoms with van der Waals surface area (Å²) in [6.45, 7) is 0. The zero-order chi connectivity index (χ0) is 5.15. The van der Waals surface area contributed by atoms with Gasteiger partial charge in [0.2, 0.25) is 0 Å². The molecule has 0 amide bonds. The van der Waals surface area contributed by atoms with E-state index in [0.29, 0.717) is 0 Å². The predicted molar refractivity (Wildman–Crippen MR) is 20.1 cm³/mol. The second kappa shape index (κ2) is 10.4. The van der Waals surface area contributed by atoms with Gasteiger partial charge in [-0.25, -0.2) is 0 Å². The standard InChI is InChI=1S/C2H2O4.Fe.2H3N/c3-1(4)2(5)6;;;/h(H,3,4)(H,5,6);;2*1H3/q;+2;;/p-2. The number of carboxylic acid groups (broad SMARTS) is 2. The first-order valence-electron chi connectivity index (χ1n) is 1.07. The van der Waals surface area contributed by atoms with E-state index in [9.17, 15) is 0 Å². The van der Waals surface area contributed by atoms with Crippen LogP contribution in [0.1, 0.15) is 0 Å². The molecule has 0 spiro atoms. The predicted octanol–water partition coefficient (Wildman–Crippen LogP) is -3.19. The van der Waals surface area contributed by atoms with Crippen LogP contribution in [0.3, 0.4) is 0 Å². The Kier molecular flexibility index (Phi) is 27.4. The van der Waals surface area contributed by atoms with E-state index >= 15 is 0 Å². The molecule has 0 aromatic heterocycles. The van der Waals surface area contributed by atoms with Gasteiger partial charge in [0.25, 0.3) is 0 Å². The zero-order valence-electron chi connectivity index (χ0n) is 4.40. The maximum absolute atomic E-state index is 8.93. The number of aliphatic carboxylic acids is 2. The molecule has 0 fully saturated rings. The average Bonchev–Trinajstić information content (AvgIpc) is 1.36. The van der Waals surface area contributed by atoms with Gasteiger partial charge in [0.15, 0.2) is 0 Å². The molecule has 0 atom stereocenters. The second-order valence-electron chi connectivity index (χ2n) is 0.575. The Morgan fingerprint density at radius 2 is 1.00 bits per heavy atom. The SMILES string of the molecule is N.N.O=C([O-])C(=O)[O-].[Fe+2]. The van der Waals surface area contributed by atoms with Crippen molar-refractivity contribution >= 4 is 11.9 Å². The van der Waals surface area contributed by atoms with Crippen LogP contribution < -0.4 is 22.5 Å². The van der Waals surface area contributed by atoms with Crippen LogP contribution >= 0.6 is 0 Å². The van der Waals surface area contributed by atoms with Crippen molar-refractivity contribution in [3.05, 3.63) is 0 Å². The van der Waals surface area contributed by atoms with Gasteiger partial charge in [-0.15, -0.1) is 0 Å². The van der Waals surface area contributed by atoms with Gasteiger partial charge >= 0.3 is 17.1 Å². The van der Waals surface area contributed by atoms with E-state index in [1.807, 2.05) is 0 Å². The third kappa shape index (κ3) is 18.7. The number of carboxylic acids is 2. The summed E-state index contributed by atoms with van der Waals surface area (Å²) in [6.07, 6.45) is 0. The van der Waals surface area contributed by atoms with Crippen LogP contribution in [-0.2, 0) is 26.7 Å². The number of carbonyl (C=O) groups is 2. The fourth-order valence-corrected chi connectivity index (χ4v) is 0. The largest absolute Gasteiger partial charge is 2.00 e. The number of hydrogen-bond donors (Lipinski definition) is 2. The maximum atomic E-state index is 8.93. The topological polar surface area (TPSA) is 150 Å². The van der Waals surface area contributed by atoms with Crippen molar-refractivity contribution in [2.24, 2.45) is 0 Å². The van der Waals surface area contributed by atoms with E-state index in [4.69, 9.17) is 19.8 Å².